The van der Waals surface area contributed by atoms with Gasteiger partial charge in [0.1, 0.15) is 11.9 Å². The van der Waals surface area contributed by atoms with Crippen LogP contribution in [0.4, 0.5) is 5.69 Å². The third kappa shape index (κ3) is 5.64. The van der Waals surface area contributed by atoms with Gasteiger partial charge in [0.05, 0.1) is 10.5 Å². The van der Waals surface area contributed by atoms with E-state index in [1.165, 1.54) is 24.8 Å². The Morgan fingerprint density at radius 2 is 1.63 bits per heavy atom. The van der Waals surface area contributed by atoms with Crippen molar-refractivity contribution in [2.24, 2.45) is 0 Å². The Hall–Kier alpha value is -2.58. The molecule has 2 aromatic carbocycles. The van der Waals surface area contributed by atoms with E-state index in [9.17, 15) is 13.2 Å². The molecule has 2 saturated heterocycles. The molecule has 7 nitrogen and oxygen atoms in total. The molecule has 0 bridgehead atoms. The van der Waals surface area contributed by atoms with Crippen molar-refractivity contribution >= 4 is 21.6 Å². The van der Waals surface area contributed by atoms with Crippen molar-refractivity contribution in [3.05, 3.63) is 53.1 Å². The number of likely N-dealkylation sites (tertiary alicyclic amines) is 1. The fraction of sp³-hybridized carbons (Fsp3) is 0.519. The largest absolute Gasteiger partial charge is 0.490 e. The van der Waals surface area contributed by atoms with Crippen molar-refractivity contribution in [2.45, 2.75) is 57.0 Å². The molecule has 0 atom stereocenters. The molecule has 2 aliphatic heterocycles. The van der Waals surface area contributed by atoms with Gasteiger partial charge in [-0.2, -0.15) is 0 Å². The minimum absolute atomic E-state index is 0.0570. The van der Waals surface area contributed by atoms with Crippen molar-refractivity contribution in [3.63, 3.8) is 0 Å². The number of carbonyl (C=O) groups excluding carboxylic acids is 1. The number of amides is 1. The molecule has 0 unspecified atom stereocenters. The number of sulfonamides is 1. The number of ether oxygens (including phenoxy) is 1. The van der Waals surface area contributed by atoms with E-state index < -0.39 is 10.0 Å². The lowest BCUT2D eigenvalue weighted by atomic mass is 10.0. The number of piperidine rings is 2. The molecule has 0 spiro atoms. The fourth-order valence-corrected chi connectivity index (χ4v) is 5.76. The summed E-state index contributed by atoms with van der Waals surface area (Å²) in [5.74, 6) is 0.801. The molecule has 8 heteroatoms. The number of nitrogens with zero attached hydrogens (tertiary/aromatic N) is 3. The van der Waals surface area contributed by atoms with Gasteiger partial charge in [-0.25, -0.2) is 12.7 Å². The molecule has 2 fully saturated rings. The quantitative estimate of drug-likeness (QED) is 0.595. The highest BCUT2D eigenvalue weighted by molar-refractivity contribution is 7.89. The van der Waals surface area contributed by atoms with Crippen LogP contribution in [0, 0.1) is 13.8 Å². The van der Waals surface area contributed by atoms with Crippen LogP contribution >= 0.6 is 0 Å². The maximum atomic E-state index is 13.7. The van der Waals surface area contributed by atoms with Crippen LogP contribution in [0.2, 0.25) is 0 Å². The first-order chi connectivity index (χ1) is 16.7. The average Bonchev–Trinajstić information content (AvgIpc) is 2.86. The van der Waals surface area contributed by atoms with Gasteiger partial charge in [0.15, 0.2) is 0 Å². The summed E-state index contributed by atoms with van der Waals surface area (Å²) < 4.78 is 33.1. The molecule has 1 amide bonds. The minimum atomic E-state index is -3.64. The van der Waals surface area contributed by atoms with Crippen LogP contribution in [0.15, 0.2) is 41.3 Å². The number of hydrogen-bond acceptors (Lipinski definition) is 5. The van der Waals surface area contributed by atoms with Crippen LogP contribution in [0.1, 0.15) is 53.6 Å². The molecule has 2 aromatic rings. The molecular weight excluding hydrogens is 462 g/mol. The van der Waals surface area contributed by atoms with Crippen LogP contribution in [0.3, 0.4) is 0 Å². The fourth-order valence-electron chi connectivity index (χ4n) is 4.83. The van der Waals surface area contributed by atoms with E-state index in [4.69, 9.17) is 4.74 Å². The first kappa shape index (κ1) is 25.5. The second-order valence-corrected chi connectivity index (χ2v) is 12.0. The predicted molar refractivity (Wildman–Crippen MR) is 139 cm³/mol. The van der Waals surface area contributed by atoms with Gasteiger partial charge in [-0.1, -0.05) is 12.1 Å². The van der Waals surface area contributed by atoms with Crippen LogP contribution < -0.4 is 9.64 Å². The van der Waals surface area contributed by atoms with Gasteiger partial charge in [-0.15, -0.1) is 0 Å². The number of benzene rings is 2. The predicted octanol–water partition coefficient (Wildman–Crippen LogP) is 4.23. The molecule has 190 valence electrons. The lowest BCUT2D eigenvalue weighted by Crippen LogP contribution is -2.42. The summed E-state index contributed by atoms with van der Waals surface area (Å²) in [6.07, 6.45) is 4.88. The Kier molecular flexibility index (Phi) is 7.71. The zero-order valence-electron chi connectivity index (χ0n) is 21.3. The van der Waals surface area contributed by atoms with E-state index in [1.54, 1.807) is 12.1 Å². The van der Waals surface area contributed by atoms with Crippen LogP contribution in [0.5, 0.6) is 5.75 Å². The Bertz CT molecular complexity index is 1160. The summed E-state index contributed by atoms with van der Waals surface area (Å²) in [6.45, 7) is 7.02. The summed E-state index contributed by atoms with van der Waals surface area (Å²) in [5, 5.41) is 0. The number of carbonyl (C=O) groups is 1. The van der Waals surface area contributed by atoms with Crippen LogP contribution in [-0.2, 0) is 10.0 Å². The molecule has 2 heterocycles. The highest BCUT2D eigenvalue weighted by Gasteiger charge is 2.29. The second-order valence-electron chi connectivity index (χ2n) is 9.89. The van der Waals surface area contributed by atoms with Gasteiger partial charge in [0.2, 0.25) is 10.0 Å². The standard InChI is InChI=1S/C27H37N3O4S/c1-20-8-9-21(2)26(18-20)34-22-12-16-30(17-13-22)27(31)24-19-23(35(32,33)28(3)4)10-11-25(24)29-14-6-5-7-15-29/h8-11,18-19,22H,5-7,12-17H2,1-4H3. The van der Waals surface area contributed by atoms with E-state index in [1.807, 2.05) is 17.9 Å². The van der Waals surface area contributed by atoms with E-state index in [0.717, 1.165) is 61.3 Å². The normalized spacial score (nSPS) is 17.6. The molecule has 0 aromatic heterocycles. The van der Waals surface area contributed by atoms with Gasteiger partial charge in [-0.05, 0) is 68.5 Å². The van der Waals surface area contributed by atoms with Crippen LogP contribution in [-0.4, -0.2) is 69.9 Å². The van der Waals surface area contributed by atoms with E-state index >= 15 is 0 Å². The number of anilines is 1. The topological polar surface area (TPSA) is 70.2 Å². The lowest BCUT2D eigenvalue weighted by molar-refractivity contribution is 0.0594. The molecule has 0 aliphatic carbocycles. The number of rotatable bonds is 6. The maximum absolute atomic E-state index is 13.7. The van der Waals surface area contributed by atoms with Crippen molar-refractivity contribution in [2.75, 3.05) is 45.2 Å². The molecule has 4 rings (SSSR count). The third-order valence-electron chi connectivity index (χ3n) is 7.04. The van der Waals surface area contributed by atoms with E-state index in [2.05, 4.69) is 30.0 Å². The third-order valence-corrected chi connectivity index (χ3v) is 8.85. The molecule has 2 aliphatic rings. The van der Waals surface area contributed by atoms with E-state index in [-0.39, 0.29) is 16.9 Å². The molecule has 0 N–H and O–H groups in total. The van der Waals surface area contributed by atoms with Gasteiger partial charge < -0.3 is 14.5 Å². The first-order valence-electron chi connectivity index (χ1n) is 12.5. The first-order valence-corrected chi connectivity index (χ1v) is 14.0. The van der Waals surface area contributed by atoms with Crippen molar-refractivity contribution in [1.82, 2.24) is 9.21 Å². The Morgan fingerprint density at radius 1 is 0.943 bits per heavy atom. The summed E-state index contributed by atoms with van der Waals surface area (Å²) in [6, 6.07) is 11.2. The molecule has 35 heavy (non-hydrogen) atoms. The summed E-state index contributed by atoms with van der Waals surface area (Å²) in [7, 11) is -0.618. The van der Waals surface area contributed by atoms with Gasteiger partial charge in [-0.3, -0.25) is 4.79 Å². The summed E-state index contributed by atoms with van der Waals surface area (Å²) >= 11 is 0. The lowest BCUT2D eigenvalue weighted by Gasteiger charge is -2.35. The van der Waals surface area contributed by atoms with Crippen LogP contribution in [0.25, 0.3) is 0 Å². The molecular formula is C27H37N3O4S. The SMILES string of the molecule is Cc1ccc(C)c(OC2CCN(C(=O)c3cc(S(=O)(=O)N(C)C)ccc3N3CCCCC3)CC2)c1. The number of hydrogen-bond donors (Lipinski definition) is 0. The second kappa shape index (κ2) is 10.6. The Balaban J connectivity index is 1.54. The molecule has 0 saturated carbocycles. The van der Waals surface area contributed by atoms with Crippen molar-refractivity contribution in [3.8, 4) is 5.75 Å². The number of aryl methyl sites for hydroxylation is 2. The highest BCUT2D eigenvalue weighted by atomic mass is 32.2. The zero-order chi connectivity index (χ0) is 25.2. The van der Waals surface area contributed by atoms with Gasteiger partial charge in [0, 0.05) is 58.8 Å². The summed E-state index contributed by atoms with van der Waals surface area (Å²) in [4.78, 5) is 17.9. The summed E-state index contributed by atoms with van der Waals surface area (Å²) in [5.41, 5.74) is 3.58. The monoisotopic (exact) mass is 499 g/mol. The van der Waals surface area contributed by atoms with Gasteiger partial charge >= 0.3 is 0 Å². The van der Waals surface area contributed by atoms with Crippen molar-refractivity contribution < 1.29 is 17.9 Å². The molecule has 0 radical (unpaired) electrons. The Morgan fingerprint density at radius 3 is 2.29 bits per heavy atom. The Labute approximate surface area is 209 Å². The van der Waals surface area contributed by atoms with Crippen molar-refractivity contribution in [1.29, 1.82) is 0 Å². The zero-order valence-corrected chi connectivity index (χ0v) is 22.1. The smallest absolute Gasteiger partial charge is 0.256 e. The van der Waals surface area contributed by atoms with E-state index in [0.29, 0.717) is 18.7 Å². The maximum Gasteiger partial charge on any atom is 0.256 e. The highest BCUT2D eigenvalue weighted by Crippen LogP contribution is 2.30. The minimum Gasteiger partial charge on any atom is -0.490 e. The van der Waals surface area contributed by atoms with Gasteiger partial charge in [0.25, 0.3) is 5.91 Å². The average molecular weight is 500 g/mol.